The van der Waals surface area contributed by atoms with Gasteiger partial charge in [0.05, 0.1) is 12.8 Å². The number of unbranched alkanes of at least 4 members (excludes halogenated alkanes) is 1. The monoisotopic (exact) mass is 668 g/mol. The Morgan fingerprint density at radius 3 is 2.21 bits per heavy atom. The van der Waals surface area contributed by atoms with Crippen molar-refractivity contribution in [3.8, 4) is 0 Å². The number of esters is 1. The van der Waals surface area contributed by atoms with Gasteiger partial charge in [0.25, 0.3) is 0 Å². The molecule has 5 saturated carbocycles. The fraction of sp³-hybridized carbons (Fsp3) is 0.881. The molecule has 5 aliphatic carbocycles. The molecule has 5 aliphatic rings. The van der Waals surface area contributed by atoms with Gasteiger partial charge in [0.2, 0.25) is 0 Å². The van der Waals surface area contributed by atoms with Crippen molar-refractivity contribution < 1.29 is 24.2 Å². The predicted octanol–water partition coefficient (Wildman–Crippen LogP) is 9.54. The summed E-state index contributed by atoms with van der Waals surface area (Å²) in [6.45, 7) is 23.7. The van der Waals surface area contributed by atoms with E-state index in [-0.39, 0.29) is 52.0 Å². The largest absolute Gasteiger partial charge is 0.481 e. The molecule has 6 heteroatoms. The van der Waals surface area contributed by atoms with E-state index in [4.69, 9.17) is 10.5 Å². The van der Waals surface area contributed by atoms with E-state index in [1.54, 1.807) is 0 Å². The van der Waals surface area contributed by atoms with E-state index in [1.807, 2.05) is 13.8 Å². The number of fused-ring (bicyclic) bond motifs is 7. The van der Waals surface area contributed by atoms with Gasteiger partial charge in [-0.15, -0.1) is 0 Å². The summed E-state index contributed by atoms with van der Waals surface area (Å²) in [5.74, 6) is 2.08. The summed E-state index contributed by atoms with van der Waals surface area (Å²) >= 11 is 0. The van der Waals surface area contributed by atoms with E-state index in [2.05, 4.69) is 48.1 Å². The Bertz CT molecular complexity index is 1270. The molecule has 0 aromatic rings. The minimum atomic E-state index is -0.881. The van der Waals surface area contributed by atoms with Crippen LogP contribution in [0.3, 0.4) is 0 Å². The van der Waals surface area contributed by atoms with E-state index in [1.165, 1.54) is 50.5 Å². The summed E-state index contributed by atoms with van der Waals surface area (Å²) in [7, 11) is 0. The maximum atomic E-state index is 13.5. The number of aliphatic carboxylic acids is 1. The van der Waals surface area contributed by atoms with Gasteiger partial charge in [0, 0.05) is 18.3 Å². The molecule has 6 nitrogen and oxygen atoms in total. The van der Waals surface area contributed by atoms with Gasteiger partial charge in [0.1, 0.15) is 11.9 Å². The number of hydrogen-bond donors (Lipinski definition) is 2. The molecule has 0 bridgehead atoms. The molecule has 0 heterocycles. The second-order valence-corrected chi connectivity index (χ2v) is 19.8. The first-order valence-electron chi connectivity index (χ1n) is 19.5. The Balaban J connectivity index is 1.38. The Labute approximate surface area is 292 Å². The second-order valence-electron chi connectivity index (χ2n) is 19.8. The summed E-state index contributed by atoms with van der Waals surface area (Å²) in [6.07, 6.45) is 14.7. The molecule has 10 atom stereocenters. The fourth-order valence-electron chi connectivity index (χ4n) is 13.8. The van der Waals surface area contributed by atoms with Crippen molar-refractivity contribution in [2.45, 2.75) is 164 Å². The lowest BCUT2D eigenvalue weighted by Crippen LogP contribution is -2.66. The molecule has 0 aliphatic heterocycles. The van der Waals surface area contributed by atoms with Crippen LogP contribution in [0.5, 0.6) is 0 Å². The first kappa shape index (κ1) is 37.6. The zero-order valence-corrected chi connectivity index (χ0v) is 31.8. The van der Waals surface area contributed by atoms with Crippen LogP contribution >= 0.6 is 0 Å². The number of ether oxygens (including phenoxy) is 1. The normalized spacial score (nSPS) is 41.7. The molecule has 0 aromatic heterocycles. The lowest BCUT2D eigenvalue weighted by atomic mass is 9.32. The number of ketones is 1. The van der Waals surface area contributed by atoms with Crippen LogP contribution < -0.4 is 5.73 Å². The highest BCUT2D eigenvalue weighted by molar-refractivity contribution is 5.79. The first-order chi connectivity index (χ1) is 22.3. The molecule has 0 unspecified atom stereocenters. The first-order valence-corrected chi connectivity index (χ1v) is 19.5. The maximum Gasteiger partial charge on any atom is 0.306 e. The number of allylic oxidation sites excluding steroid dienone is 1. The second kappa shape index (κ2) is 13.1. The van der Waals surface area contributed by atoms with E-state index in [0.29, 0.717) is 48.3 Å². The van der Waals surface area contributed by atoms with Gasteiger partial charge in [-0.2, -0.15) is 0 Å². The summed E-state index contributed by atoms with van der Waals surface area (Å²) in [5, 5.41) is 9.32. The van der Waals surface area contributed by atoms with Crippen molar-refractivity contribution in [1.82, 2.24) is 0 Å². The minimum Gasteiger partial charge on any atom is -0.481 e. The van der Waals surface area contributed by atoms with Crippen LogP contribution in [0.1, 0.15) is 158 Å². The Kier molecular flexibility index (Phi) is 10.3. The van der Waals surface area contributed by atoms with E-state index in [9.17, 15) is 19.5 Å². The average Bonchev–Trinajstić information content (AvgIpc) is 3.33. The third-order valence-electron chi connectivity index (χ3n) is 16.2. The van der Waals surface area contributed by atoms with Crippen LogP contribution in [0.25, 0.3) is 0 Å². The average molecular weight is 668 g/mol. The highest BCUT2D eigenvalue weighted by Gasteiger charge is 2.71. The maximum absolute atomic E-state index is 13.5. The SMILES string of the molecule is C=C(C)[C@@H]1CC[C@]2(CC(=O)CCCCN)CC[C@]3(C)[C@H](CC[C@@H]4[C@@]5(C)CC[C@H](OC(=O)CC(C)(C)CC(=O)O)C(C)(C)[C@@H]5CC[C@]43C)[C@@H]12. The molecule has 272 valence electrons. The van der Waals surface area contributed by atoms with Crippen molar-refractivity contribution in [3.63, 3.8) is 0 Å². The number of hydrogen-bond acceptors (Lipinski definition) is 5. The number of rotatable bonds is 12. The van der Waals surface area contributed by atoms with Crippen LogP contribution in [0, 0.1) is 62.1 Å². The zero-order valence-electron chi connectivity index (χ0n) is 31.8. The summed E-state index contributed by atoms with van der Waals surface area (Å²) in [5.41, 5.74) is 7.04. The van der Waals surface area contributed by atoms with Crippen molar-refractivity contribution in [2.75, 3.05) is 6.54 Å². The molecule has 5 rings (SSSR count). The molecular formula is C42H69NO5. The molecular weight excluding hydrogens is 598 g/mol. The lowest BCUT2D eigenvalue weighted by Gasteiger charge is -2.73. The van der Waals surface area contributed by atoms with Crippen LogP contribution in [0.4, 0.5) is 0 Å². The fourth-order valence-corrected chi connectivity index (χ4v) is 13.8. The Morgan fingerprint density at radius 2 is 1.56 bits per heavy atom. The standard InChI is InChI=1S/C42H69NO5/c1-27(2)29-15-20-42(24-28(44)12-10-11-23-43)22-21-40(8)30(36(29)42)13-14-32-39(7)18-17-33(38(5,6)31(39)16-19-41(32,40)9)48-35(47)26-37(3,4)25-34(45)46/h29-33,36H,1,10-26,43H2,2-9H3,(H,45,46)/t29-,30+,31-,32+,33-,36+,39-,40+,41+,42+/m0/s1. The molecule has 0 radical (unpaired) electrons. The number of carboxylic acid groups (broad SMARTS) is 1. The molecule has 5 fully saturated rings. The van der Waals surface area contributed by atoms with Gasteiger partial charge in [-0.25, -0.2) is 0 Å². The minimum absolute atomic E-state index is 0.0446. The van der Waals surface area contributed by atoms with Gasteiger partial charge in [-0.1, -0.05) is 60.6 Å². The summed E-state index contributed by atoms with van der Waals surface area (Å²) in [6, 6.07) is 0. The van der Waals surface area contributed by atoms with E-state index in [0.717, 1.165) is 38.5 Å². The highest BCUT2D eigenvalue weighted by Crippen LogP contribution is 2.78. The number of Topliss-reactive ketones (excluding diaryl/α,β-unsaturated/α-hetero) is 1. The van der Waals surface area contributed by atoms with E-state index >= 15 is 0 Å². The van der Waals surface area contributed by atoms with Crippen LogP contribution in [-0.2, 0) is 19.1 Å². The highest BCUT2D eigenvalue weighted by atomic mass is 16.5. The lowest BCUT2D eigenvalue weighted by molar-refractivity contribution is -0.250. The predicted molar refractivity (Wildman–Crippen MR) is 192 cm³/mol. The van der Waals surface area contributed by atoms with Crippen molar-refractivity contribution in [2.24, 2.45) is 67.8 Å². The molecule has 0 spiro atoms. The molecule has 0 saturated heterocycles. The number of carbonyl (C=O) groups is 3. The van der Waals surface area contributed by atoms with E-state index < -0.39 is 11.4 Å². The quantitative estimate of drug-likeness (QED) is 0.122. The molecule has 0 amide bonds. The van der Waals surface area contributed by atoms with Crippen molar-refractivity contribution in [3.05, 3.63) is 12.2 Å². The summed E-state index contributed by atoms with van der Waals surface area (Å²) in [4.78, 5) is 38.0. The Morgan fingerprint density at radius 1 is 0.854 bits per heavy atom. The zero-order chi connectivity index (χ0) is 35.5. The third-order valence-corrected chi connectivity index (χ3v) is 16.2. The van der Waals surface area contributed by atoms with Crippen LogP contribution in [-0.4, -0.2) is 35.5 Å². The third kappa shape index (κ3) is 6.25. The van der Waals surface area contributed by atoms with Gasteiger partial charge < -0.3 is 15.6 Å². The van der Waals surface area contributed by atoms with Gasteiger partial charge >= 0.3 is 11.9 Å². The smallest absolute Gasteiger partial charge is 0.306 e. The van der Waals surface area contributed by atoms with Crippen LogP contribution in [0.2, 0.25) is 0 Å². The van der Waals surface area contributed by atoms with Gasteiger partial charge in [-0.3, -0.25) is 14.4 Å². The number of carboxylic acids is 1. The molecule has 0 aromatic carbocycles. The molecule has 3 N–H and O–H groups in total. The van der Waals surface area contributed by atoms with Crippen LogP contribution in [0.15, 0.2) is 12.2 Å². The van der Waals surface area contributed by atoms with Crippen molar-refractivity contribution >= 4 is 17.7 Å². The summed E-state index contributed by atoms with van der Waals surface area (Å²) < 4.78 is 6.27. The number of nitrogens with two attached hydrogens (primary N) is 1. The van der Waals surface area contributed by atoms with Gasteiger partial charge in [-0.05, 0) is 147 Å². The number of carbonyl (C=O) groups excluding carboxylic acids is 2. The molecule has 48 heavy (non-hydrogen) atoms. The van der Waals surface area contributed by atoms with Crippen molar-refractivity contribution in [1.29, 1.82) is 0 Å². The Hall–Kier alpha value is -1.69. The van der Waals surface area contributed by atoms with Gasteiger partial charge in [0.15, 0.2) is 0 Å². The topological polar surface area (TPSA) is 107 Å².